The number of para-hydroxylation sites is 1. The average molecular weight is 474 g/mol. The van der Waals surface area contributed by atoms with Gasteiger partial charge in [0.25, 0.3) is 0 Å². The third kappa shape index (κ3) is 5.70. The van der Waals surface area contributed by atoms with E-state index in [0.29, 0.717) is 24.6 Å². The number of nitrogens with one attached hydrogen (secondary N) is 2. The maximum Gasteiger partial charge on any atom is 0.245 e. The molecule has 1 saturated heterocycles. The molecule has 4 rings (SSSR count). The largest absolute Gasteiger partial charge is 0.457 e. The van der Waals surface area contributed by atoms with E-state index >= 15 is 0 Å². The summed E-state index contributed by atoms with van der Waals surface area (Å²) >= 11 is 0. The Kier molecular flexibility index (Phi) is 6.68. The standard InChI is InChI=1S/C23H27N3O6S/c27-21(24-29)16-23(12-14-26(15-13-23)22(28)17-6-7-17)25-33(30,31)20-10-8-19(9-11-20)32-18-4-2-1-3-5-18/h1-5,8-11,17,25,29H,6-7,12-16H2,(H,24,27). The zero-order chi connectivity index (χ0) is 23.5. The number of ether oxygens (including phenoxy) is 1. The third-order valence-corrected chi connectivity index (χ3v) is 7.64. The van der Waals surface area contributed by atoms with E-state index in [2.05, 4.69) is 4.72 Å². The monoisotopic (exact) mass is 473 g/mol. The van der Waals surface area contributed by atoms with Gasteiger partial charge in [0.2, 0.25) is 21.8 Å². The number of sulfonamides is 1. The van der Waals surface area contributed by atoms with E-state index in [0.717, 1.165) is 12.8 Å². The second kappa shape index (κ2) is 9.50. The van der Waals surface area contributed by atoms with Gasteiger partial charge in [0, 0.05) is 31.0 Å². The average Bonchev–Trinajstić information content (AvgIpc) is 3.65. The Labute approximate surface area is 192 Å². The Balaban J connectivity index is 1.47. The van der Waals surface area contributed by atoms with Gasteiger partial charge in [-0.05, 0) is 62.1 Å². The first-order valence-corrected chi connectivity index (χ1v) is 12.4. The van der Waals surface area contributed by atoms with E-state index < -0.39 is 21.5 Å². The maximum absolute atomic E-state index is 13.2. The summed E-state index contributed by atoms with van der Waals surface area (Å²) in [5.41, 5.74) is 0.479. The van der Waals surface area contributed by atoms with Crippen molar-refractivity contribution in [2.45, 2.75) is 42.5 Å². The van der Waals surface area contributed by atoms with E-state index in [9.17, 15) is 18.0 Å². The molecule has 2 aromatic carbocycles. The van der Waals surface area contributed by atoms with Crippen LogP contribution in [0.15, 0.2) is 59.5 Å². The summed E-state index contributed by atoms with van der Waals surface area (Å²) in [6.45, 7) is 0.695. The van der Waals surface area contributed by atoms with Crippen LogP contribution >= 0.6 is 0 Å². The summed E-state index contributed by atoms with van der Waals surface area (Å²) in [6.07, 6.45) is 2.10. The summed E-state index contributed by atoms with van der Waals surface area (Å²) in [5, 5.41) is 9.01. The molecular formula is C23H27N3O6S. The Morgan fingerprint density at radius 3 is 2.18 bits per heavy atom. The molecule has 9 nitrogen and oxygen atoms in total. The van der Waals surface area contributed by atoms with Gasteiger partial charge in [0.15, 0.2) is 0 Å². The Morgan fingerprint density at radius 2 is 1.61 bits per heavy atom. The van der Waals surface area contributed by atoms with Crippen LogP contribution in [0.2, 0.25) is 0 Å². The van der Waals surface area contributed by atoms with Crippen molar-refractivity contribution < 1.29 is 28.0 Å². The molecule has 0 unspecified atom stereocenters. The third-order valence-electron chi connectivity index (χ3n) is 6.05. The number of piperidine rings is 1. The lowest BCUT2D eigenvalue weighted by atomic mass is 9.85. The molecule has 1 aliphatic carbocycles. The minimum Gasteiger partial charge on any atom is -0.457 e. The molecule has 0 atom stereocenters. The highest BCUT2D eigenvalue weighted by Crippen LogP contribution is 2.34. The molecular weight excluding hydrogens is 446 g/mol. The number of benzene rings is 2. The zero-order valence-corrected chi connectivity index (χ0v) is 18.9. The van der Waals surface area contributed by atoms with E-state index in [1.165, 1.54) is 12.1 Å². The molecule has 1 heterocycles. The van der Waals surface area contributed by atoms with Crippen LogP contribution in [0.25, 0.3) is 0 Å². The molecule has 1 saturated carbocycles. The van der Waals surface area contributed by atoms with E-state index in [-0.39, 0.29) is 36.0 Å². The number of carbonyl (C=O) groups excluding carboxylic acids is 2. The van der Waals surface area contributed by atoms with Crippen molar-refractivity contribution in [3.05, 3.63) is 54.6 Å². The second-order valence-corrected chi connectivity index (χ2v) is 10.3. The molecule has 3 N–H and O–H groups in total. The second-order valence-electron chi connectivity index (χ2n) is 8.58. The molecule has 0 spiro atoms. The number of amides is 2. The quantitative estimate of drug-likeness (QED) is 0.399. The number of hydrogen-bond acceptors (Lipinski definition) is 6. The lowest BCUT2D eigenvalue weighted by Gasteiger charge is -2.41. The lowest BCUT2D eigenvalue weighted by Crippen LogP contribution is -2.57. The van der Waals surface area contributed by atoms with Gasteiger partial charge < -0.3 is 9.64 Å². The van der Waals surface area contributed by atoms with E-state index in [4.69, 9.17) is 9.94 Å². The first-order valence-electron chi connectivity index (χ1n) is 10.9. The van der Waals surface area contributed by atoms with Crippen molar-refractivity contribution in [3.8, 4) is 11.5 Å². The normalized spacial score (nSPS) is 17.9. The van der Waals surface area contributed by atoms with Crippen LogP contribution in [0.5, 0.6) is 11.5 Å². The van der Waals surface area contributed by atoms with E-state index in [1.807, 2.05) is 18.2 Å². The first kappa shape index (κ1) is 23.2. The minimum absolute atomic E-state index is 0.0307. The van der Waals surface area contributed by atoms with Crippen LogP contribution in [-0.4, -0.2) is 49.0 Å². The fourth-order valence-corrected chi connectivity index (χ4v) is 5.52. The van der Waals surface area contributed by atoms with Crippen molar-refractivity contribution in [2.24, 2.45) is 5.92 Å². The highest BCUT2D eigenvalue weighted by atomic mass is 32.2. The van der Waals surface area contributed by atoms with Crippen LogP contribution in [0, 0.1) is 5.92 Å². The molecule has 2 fully saturated rings. The summed E-state index contributed by atoms with van der Waals surface area (Å²) in [7, 11) is -3.97. The number of rotatable bonds is 8. The maximum atomic E-state index is 13.2. The number of hydroxylamine groups is 1. The first-order chi connectivity index (χ1) is 15.8. The summed E-state index contributed by atoms with van der Waals surface area (Å²) in [6, 6.07) is 15.1. The van der Waals surface area contributed by atoms with Gasteiger partial charge in [0.05, 0.1) is 4.90 Å². The number of hydrogen-bond donors (Lipinski definition) is 3. The van der Waals surface area contributed by atoms with Gasteiger partial charge in [0.1, 0.15) is 11.5 Å². The SMILES string of the molecule is O=C(CC1(NS(=O)(=O)c2ccc(Oc3ccccc3)cc2)CCN(C(=O)C2CC2)CC1)NO. The highest BCUT2D eigenvalue weighted by molar-refractivity contribution is 7.89. The fourth-order valence-electron chi connectivity index (χ4n) is 4.06. The van der Waals surface area contributed by atoms with Crippen LogP contribution in [0.4, 0.5) is 0 Å². The molecule has 1 aliphatic heterocycles. The lowest BCUT2D eigenvalue weighted by molar-refractivity contribution is -0.135. The van der Waals surface area contributed by atoms with Crippen molar-refractivity contribution in [3.63, 3.8) is 0 Å². The van der Waals surface area contributed by atoms with Crippen LogP contribution in [0.3, 0.4) is 0 Å². The van der Waals surface area contributed by atoms with Crippen molar-refractivity contribution in [1.29, 1.82) is 0 Å². The molecule has 0 radical (unpaired) electrons. The molecule has 0 aromatic heterocycles. The number of likely N-dealkylation sites (tertiary alicyclic amines) is 1. The molecule has 2 aliphatic rings. The predicted octanol–water partition coefficient (Wildman–Crippen LogP) is 2.42. The minimum atomic E-state index is -3.97. The summed E-state index contributed by atoms with van der Waals surface area (Å²) < 4.78 is 34.7. The van der Waals surface area contributed by atoms with Crippen molar-refractivity contribution in [2.75, 3.05) is 13.1 Å². The molecule has 2 aromatic rings. The fraction of sp³-hybridized carbons (Fsp3) is 0.391. The number of carbonyl (C=O) groups is 2. The Bertz CT molecular complexity index is 1090. The predicted molar refractivity (Wildman–Crippen MR) is 119 cm³/mol. The molecule has 176 valence electrons. The van der Waals surface area contributed by atoms with E-state index in [1.54, 1.807) is 34.6 Å². The molecule has 33 heavy (non-hydrogen) atoms. The molecule has 0 bridgehead atoms. The van der Waals surface area contributed by atoms with Crippen molar-refractivity contribution in [1.82, 2.24) is 15.1 Å². The van der Waals surface area contributed by atoms with Gasteiger partial charge in [-0.1, -0.05) is 18.2 Å². The van der Waals surface area contributed by atoms with Gasteiger partial charge in [-0.25, -0.2) is 18.6 Å². The van der Waals surface area contributed by atoms with Gasteiger partial charge in [-0.15, -0.1) is 0 Å². The molecule has 2 amide bonds. The van der Waals surface area contributed by atoms with Gasteiger partial charge in [-0.2, -0.15) is 0 Å². The molecule has 10 heteroatoms. The van der Waals surface area contributed by atoms with Gasteiger partial charge in [-0.3, -0.25) is 14.8 Å². The Morgan fingerprint density at radius 1 is 1.00 bits per heavy atom. The zero-order valence-electron chi connectivity index (χ0n) is 18.1. The van der Waals surface area contributed by atoms with Crippen LogP contribution in [0.1, 0.15) is 32.1 Å². The number of nitrogens with zero attached hydrogens (tertiary/aromatic N) is 1. The Hall–Kier alpha value is -2.95. The summed E-state index contributed by atoms with van der Waals surface area (Å²) in [5.74, 6) is 0.596. The topological polar surface area (TPSA) is 125 Å². The summed E-state index contributed by atoms with van der Waals surface area (Å²) in [4.78, 5) is 26.1. The van der Waals surface area contributed by atoms with Crippen molar-refractivity contribution >= 4 is 21.8 Å². The van der Waals surface area contributed by atoms with Crippen LogP contribution in [-0.2, 0) is 19.6 Å². The van der Waals surface area contributed by atoms with Gasteiger partial charge >= 0.3 is 0 Å². The van der Waals surface area contributed by atoms with Crippen LogP contribution < -0.4 is 14.9 Å². The highest BCUT2D eigenvalue weighted by Gasteiger charge is 2.43. The smallest absolute Gasteiger partial charge is 0.245 e.